The Labute approximate surface area is 172 Å². The van der Waals surface area contributed by atoms with Crippen molar-refractivity contribution >= 4 is 27.5 Å². The second-order valence-electron chi connectivity index (χ2n) is 7.33. The molecule has 1 atom stereocenters. The first-order chi connectivity index (χ1) is 13.9. The lowest BCUT2D eigenvalue weighted by molar-refractivity contribution is -0.116. The number of amides is 1. The zero-order valence-electron chi connectivity index (χ0n) is 16.6. The summed E-state index contributed by atoms with van der Waals surface area (Å²) in [5, 5.41) is 2.83. The van der Waals surface area contributed by atoms with Crippen molar-refractivity contribution in [2.75, 3.05) is 11.9 Å². The SMILES string of the molecule is C[C@@H](CC(=O)Nc1ccc(S(=O)(=O)NC2=NCCCCC2)cc1)c1ccccc1. The van der Waals surface area contributed by atoms with Crippen LogP contribution in [0, 0.1) is 0 Å². The summed E-state index contributed by atoms with van der Waals surface area (Å²) in [6.07, 6.45) is 3.99. The van der Waals surface area contributed by atoms with E-state index in [2.05, 4.69) is 15.0 Å². The first kappa shape index (κ1) is 21.0. The van der Waals surface area contributed by atoms with Crippen molar-refractivity contribution in [3.8, 4) is 0 Å². The first-order valence-corrected chi connectivity index (χ1v) is 11.4. The molecule has 2 N–H and O–H groups in total. The normalized spacial score (nSPS) is 15.7. The molecule has 6 nitrogen and oxygen atoms in total. The molecule has 1 aliphatic rings. The molecular formula is C22H27N3O3S. The maximum Gasteiger partial charge on any atom is 0.262 e. The Morgan fingerprint density at radius 2 is 1.76 bits per heavy atom. The number of carbonyl (C=O) groups excluding carboxylic acids is 1. The fourth-order valence-electron chi connectivity index (χ4n) is 3.28. The largest absolute Gasteiger partial charge is 0.326 e. The molecule has 3 rings (SSSR count). The molecule has 2 aromatic carbocycles. The predicted octanol–water partition coefficient (Wildman–Crippen LogP) is 4.07. The zero-order valence-corrected chi connectivity index (χ0v) is 17.4. The minimum absolute atomic E-state index is 0.0976. The number of nitrogens with zero attached hydrogens (tertiary/aromatic N) is 1. The number of rotatable bonds is 6. The van der Waals surface area contributed by atoms with Gasteiger partial charge in [0.05, 0.1) is 4.90 Å². The summed E-state index contributed by atoms with van der Waals surface area (Å²) >= 11 is 0. The summed E-state index contributed by atoms with van der Waals surface area (Å²) in [6.45, 7) is 2.66. The van der Waals surface area contributed by atoms with Crippen LogP contribution in [0.3, 0.4) is 0 Å². The van der Waals surface area contributed by atoms with E-state index in [1.54, 1.807) is 12.1 Å². The summed E-state index contributed by atoms with van der Waals surface area (Å²) in [5.74, 6) is 0.512. The van der Waals surface area contributed by atoms with Gasteiger partial charge >= 0.3 is 0 Å². The Hall–Kier alpha value is -2.67. The number of aliphatic imine (C=N–C) groups is 1. The van der Waals surface area contributed by atoms with E-state index < -0.39 is 10.0 Å². The monoisotopic (exact) mass is 413 g/mol. The van der Waals surface area contributed by atoms with Gasteiger partial charge in [0, 0.05) is 25.1 Å². The van der Waals surface area contributed by atoms with Crippen LogP contribution in [0.5, 0.6) is 0 Å². The molecule has 1 heterocycles. The van der Waals surface area contributed by atoms with Crippen molar-refractivity contribution in [1.29, 1.82) is 0 Å². The van der Waals surface area contributed by atoms with E-state index in [1.165, 1.54) is 12.1 Å². The highest BCUT2D eigenvalue weighted by atomic mass is 32.2. The highest BCUT2D eigenvalue weighted by Gasteiger charge is 2.17. The van der Waals surface area contributed by atoms with Crippen molar-refractivity contribution in [2.24, 2.45) is 4.99 Å². The quantitative estimate of drug-likeness (QED) is 0.748. The van der Waals surface area contributed by atoms with Crippen LogP contribution in [0.1, 0.15) is 50.5 Å². The van der Waals surface area contributed by atoms with E-state index >= 15 is 0 Å². The number of hydrogen-bond donors (Lipinski definition) is 2. The van der Waals surface area contributed by atoms with Crippen molar-refractivity contribution < 1.29 is 13.2 Å². The van der Waals surface area contributed by atoms with Crippen LogP contribution in [-0.4, -0.2) is 26.7 Å². The van der Waals surface area contributed by atoms with Crippen molar-refractivity contribution in [1.82, 2.24) is 4.72 Å². The van der Waals surface area contributed by atoms with Gasteiger partial charge in [0.25, 0.3) is 10.0 Å². The van der Waals surface area contributed by atoms with E-state index in [1.807, 2.05) is 37.3 Å². The summed E-state index contributed by atoms with van der Waals surface area (Å²) in [7, 11) is -3.67. The molecule has 154 valence electrons. The molecule has 0 bridgehead atoms. The standard InChI is InChI=1S/C22H27N3O3S/c1-17(18-8-4-2-5-9-18)16-22(26)24-19-11-13-20(14-12-19)29(27,28)25-21-10-6-3-7-15-23-21/h2,4-5,8-9,11-14,17H,3,6-7,10,15-16H2,1H3,(H,23,25)(H,24,26)/t17-/m0/s1. The lowest BCUT2D eigenvalue weighted by Crippen LogP contribution is -2.30. The van der Waals surface area contributed by atoms with Gasteiger partial charge in [-0.05, 0) is 48.6 Å². The Kier molecular flexibility index (Phi) is 7.04. The topological polar surface area (TPSA) is 87.6 Å². The summed E-state index contributed by atoms with van der Waals surface area (Å²) in [5.41, 5.74) is 1.68. The van der Waals surface area contributed by atoms with Crippen molar-refractivity contribution in [3.05, 3.63) is 60.2 Å². The fraction of sp³-hybridized carbons (Fsp3) is 0.364. The van der Waals surface area contributed by atoms with Gasteiger partial charge < -0.3 is 5.32 Å². The van der Waals surface area contributed by atoms with Crippen LogP contribution in [-0.2, 0) is 14.8 Å². The smallest absolute Gasteiger partial charge is 0.262 e. The molecule has 0 fully saturated rings. The average Bonchev–Trinajstić information content (AvgIpc) is 2.97. The van der Waals surface area contributed by atoms with Gasteiger partial charge in [-0.2, -0.15) is 0 Å². The Morgan fingerprint density at radius 3 is 2.48 bits per heavy atom. The molecule has 7 heteroatoms. The van der Waals surface area contributed by atoms with E-state index in [9.17, 15) is 13.2 Å². The number of nitrogens with one attached hydrogen (secondary N) is 2. The second kappa shape index (κ2) is 9.69. The van der Waals surface area contributed by atoms with Crippen LogP contribution in [0.2, 0.25) is 0 Å². The third-order valence-corrected chi connectivity index (χ3v) is 6.33. The van der Waals surface area contributed by atoms with Crippen LogP contribution in [0.4, 0.5) is 5.69 Å². The maximum absolute atomic E-state index is 12.6. The lowest BCUT2D eigenvalue weighted by Gasteiger charge is -2.13. The highest BCUT2D eigenvalue weighted by molar-refractivity contribution is 7.90. The predicted molar refractivity (Wildman–Crippen MR) is 116 cm³/mol. The molecule has 1 aliphatic heterocycles. The van der Waals surface area contributed by atoms with Crippen LogP contribution in [0.15, 0.2) is 64.5 Å². The van der Waals surface area contributed by atoms with Crippen LogP contribution >= 0.6 is 0 Å². The minimum atomic E-state index is -3.67. The Balaban J connectivity index is 1.59. The van der Waals surface area contributed by atoms with Gasteiger partial charge in [0.15, 0.2) is 0 Å². The van der Waals surface area contributed by atoms with E-state index in [4.69, 9.17) is 0 Å². The van der Waals surface area contributed by atoms with Gasteiger partial charge in [0.1, 0.15) is 5.84 Å². The summed E-state index contributed by atoms with van der Waals surface area (Å²) in [6, 6.07) is 16.1. The number of hydrogen-bond acceptors (Lipinski definition) is 4. The summed E-state index contributed by atoms with van der Waals surface area (Å²) in [4.78, 5) is 16.8. The third-order valence-electron chi connectivity index (χ3n) is 4.94. The Morgan fingerprint density at radius 1 is 1.03 bits per heavy atom. The van der Waals surface area contributed by atoms with Crippen molar-refractivity contribution in [3.63, 3.8) is 0 Å². The van der Waals surface area contributed by atoms with Gasteiger partial charge in [-0.25, -0.2) is 8.42 Å². The molecule has 0 aliphatic carbocycles. The molecular weight excluding hydrogens is 386 g/mol. The molecule has 0 unspecified atom stereocenters. The molecule has 0 aromatic heterocycles. The molecule has 0 radical (unpaired) electrons. The van der Waals surface area contributed by atoms with Crippen LogP contribution in [0.25, 0.3) is 0 Å². The summed E-state index contributed by atoms with van der Waals surface area (Å²) < 4.78 is 27.7. The van der Waals surface area contributed by atoms with Gasteiger partial charge in [-0.3, -0.25) is 14.5 Å². The van der Waals surface area contributed by atoms with Gasteiger partial charge in [-0.15, -0.1) is 0 Å². The third kappa shape index (κ3) is 6.15. The van der Waals surface area contributed by atoms with E-state index in [0.29, 0.717) is 30.9 Å². The molecule has 0 spiro atoms. The first-order valence-electron chi connectivity index (χ1n) is 9.95. The molecule has 0 saturated heterocycles. The van der Waals surface area contributed by atoms with E-state index in [-0.39, 0.29) is 16.7 Å². The van der Waals surface area contributed by atoms with Gasteiger partial charge in [0.2, 0.25) is 5.91 Å². The Bertz CT molecular complexity index is 955. The molecule has 1 amide bonds. The zero-order chi connectivity index (χ0) is 20.7. The van der Waals surface area contributed by atoms with E-state index in [0.717, 1.165) is 24.8 Å². The van der Waals surface area contributed by atoms with Crippen LogP contribution < -0.4 is 10.0 Å². The number of amidine groups is 1. The lowest BCUT2D eigenvalue weighted by atomic mass is 9.97. The maximum atomic E-state index is 12.6. The molecule has 29 heavy (non-hydrogen) atoms. The highest BCUT2D eigenvalue weighted by Crippen LogP contribution is 2.20. The average molecular weight is 414 g/mol. The number of anilines is 1. The minimum Gasteiger partial charge on any atom is -0.326 e. The number of carbonyl (C=O) groups is 1. The van der Waals surface area contributed by atoms with Gasteiger partial charge in [-0.1, -0.05) is 43.7 Å². The second-order valence-corrected chi connectivity index (χ2v) is 9.02. The van der Waals surface area contributed by atoms with Crippen molar-refractivity contribution in [2.45, 2.75) is 49.8 Å². The fourth-order valence-corrected chi connectivity index (χ4v) is 4.37. The number of benzene rings is 2. The number of sulfonamides is 1. The molecule has 0 saturated carbocycles. The molecule has 2 aromatic rings.